The fraction of sp³-hybridized carbons (Fsp3) is 0.154. The van der Waals surface area contributed by atoms with Gasteiger partial charge in [-0.05, 0) is 29.3 Å². The summed E-state index contributed by atoms with van der Waals surface area (Å²) in [4.78, 5) is 0. The summed E-state index contributed by atoms with van der Waals surface area (Å²) in [5, 5.41) is 17.2. The summed E-state index contributed by atoms with van der Waals surface area (Å²) in [6.07, 6.45) is 3.06. The van der Waals surface area contributed by atoms with Crippen LogP contribution in [-0.4, -0.2) is 19.2 Å². The van der Waals surface area contributed by atoms with E-state index in [9.17, 15) is 0 Å². The van der Waals surface area contributed by atoms with Crippen LogP contribution in [0.15, 0.2) is 95.4 Å². The predicted octanol–water partition coefficient (Wildman–Crippen LogP) is 4.53. The predicted molar refractivity (Wildman–Crippen MR) is 131 cm³/mol. The van der Waals surface area contributed by atoms with Gasteiger partial charge in [0.05, 0.1) is 31.8 Å². The molecule has 0 fully saturated rings. The molecule has 8 nitrogen and oxygen atoms in total. The maximum Gasteiger partial charge on any atom is 0.169 e. The van der Waals surface area contributed by atoms with E-state index in [0.717, 1.165) is 45.1 Å². The molecule has 3 aromatic rings. The minimum absolute atomic E-state index is 0.231. The maximum absolute atomic E-state index is 6.33. The molecule has 0 saturated heterocycles. The smallest absolute Gasteiger partial charge is 0.169 e. The number of hydrogen-bond donors (Lipinski definition) is 3. The number of azo groups is 1. The second kappa shape index (κ2) is 9.29. The first-order valence-corrected chi connectivity index (χ1v) is 10.9. The number of nitrogens with zero attached hydrogens (tertiary/aromatic N) is 3. The molecule has 0 saturated carbocycles. The van der Waals surface area contributed by atoms with Crippen molar-refractivity contribution in [3.05, 3.63) is 107 Å². The van der Waals surface area contributed by atoms with Crippen molar-refractivity contribution in [2.45, 2.75) is 12.3 Å². The topological polar surface area (TPSA) is 96.5 Å². The van der Waals surface area contributed by atoms with Gasteiger partial charge in [-0.1, -0.05) is 54.6 Å². The average Bonchev–Trinajstić information content (AvgIpc) is 3.30. The Kier molecular flexibility index (Phi) is 5.88. The minimum Gasteiger partial charge on any atom is -0.496 e. The summed E-state index contributed by atoms with van der Waals surface area (Å²) in [6, 6.07) is 23.8. The van der Waals surface area contributed by atoms with E-state index in [4.69, 9.17) is 15.3 Å². The summed E-state index contributed by atoms with van der Waals surface area (Å²) in [5.74, 6) is 7.87. The van der Waals surface area contributed by atoms with Gasteiger partial charge in [0.2, 0.25) is 0 Å². The summed E-state index contributed by atoms with van der Waals surface area (Å²) < 4.78 is 11.0. The molecule has 0 aromatic heterocycles. The Labute approximate surface area is 198 Å². The van der Waals surface area contributed by atoms with E-state index in [1.54, 1.807) is 25.4 Å². The lowest BCUT2D eigenvalue weighted by molar-refractivity contribution is 0.283. The second-order valence-electron chi connectivity index (χ2n) is 7.92. The fourth-order valence-corrected chi connectivity index (χ4v) is 4.19. The van der Waals surface area contributed by atoms with Gasteiger partial charge in [0, 0.05) is 17.3 Å². The Morgan fingerprint density at radius 2 is 1.44 bits per heavy atom. The first-order chi connectivity index (χ1) is 16.7. The number of hydrazine groups is 1. The zero-order chi connectivity index (χ0) is 23.5. The lowest BCUT2D eigenvalue weighted by Gasteiger charge is -2.23. The van der Waals surface area contributed by atoms with E-state index >= 15 is 0 Å². The Morgan fingerprint density at radius 3 is 2.18 bits per heavy atom. The quantitative estimate of drug-likeness (QED) is 0.474. The third-order valence-electron chi connectivity index (χ3n) is 5.88. The molecule has 3 aromatic carbocycles. The molecule has 2 atom stereocenters. The van der Waals surface area contributed by atoms with E-state index < -0.39 is 0 Å². The van der Waals surface area contributed by atoms with Gasteiger partial charge in [0.1, 0.15) is 17.7 Å². The van der Waals surface area contributed by atoms with Crippen molar-refractivity contribution >= 4 is 11.4 Å². The third kappa shape index (κ3) is 4.06. The lowest BCUT2D eigenvalue weighted by atomic mass is 10.0. The van der Waals surface area contributed by atoms with Crippen molar-refractivity contribution in [2.24, 2.45) is 16.1 Å². The molecule has 0 amide bonds. The van der Waals surface area contributed by atoms with Crippen LogP contribution < -0.4 is 25.9 Å². The van der Waals surface area contributed by atoms with E-state index in [2.05, 4.69) is 26.9 Å². The van der Waals surface area contributed by atoms with E-state index in [1.165, 1.54) is 0 Å². The highest BCUT2D eigenvalue weighted by Crippen LogP contribution is 2.34. The van der Waals surface area contributed by atoms with Gasteiger partial charge < -0.3 is 20.1 Å². The van der Waals surface area contributed by atoms with Crippen LogP contribution in [-0.2, 0) is 0 Å². The second-order valence-corrected chi connectivity index (χ2v) is 7.92. The van der Waals surface area contributed by atoms with Crippen molar-refractivity contribution in [1.82, 2.24) is 15.6 Å². The highest BCUT2D eigenvalue weighted by atomic mass is 16.5. The van der Waals surface area contributed by atoms with Gasteiger partial charge in [0.15, 0.2) is 6.17 Å². The Morgan fingerprint density at radius 1 is 0.794 bits per heavy atom. The summed E-state index contributed by atoms with van der Waals surface area (Å²) in [7, 11) is 3.31. The van der Waals surface area contributed by atoms with E-state index in [1.807, 2.05) is 72.9 Å². The van der Waals surface area contributed by atoms with Crippen molar-refractivity contribution in [3.8, 4) is 11.5 Å². The Balaban J connectivity index is 1.38. The summed E-state index contributed by atoms with van der Waals surface area (Å²) >= 11 is 0. The van der Waals surface area contributed by atoms with Crippen LogP contribution in [0.4, 0.5) is 0 Å². The molecule has 2 aliphatic heterocycles. The monoisotopic (exact) mass is 454 g/mol. The van der Waals surface area contributed by atoms with Gasteiger partial charge in [-0.3, -0.25) is 5.01 Å². The number of nitrogens with two attached hydrogens (primary N) is 1. The molecule has 0 bridgehead atoms. The first-order valence-electron chi connectivity index (χ1n) is 10.9. The number of methoxy groups -OCH3 is 2. The Hall–Kier alpha value is -4.30. The van der Waals surface area contributed by atoms with Crippen molar-refractivity contribution < 1.29 is 9.47 Å². The SMILES string of the molecule is COc1ccccc1C1N=NC=C(c2cccc(C3=CN(N)C(c4ccccc4OC)N3)c2)N1. The molecule has 2 heterocycles. The zero-order valence-corrected chi connectivity index (χ0v) is 19.0. The molecule has 0 radical (unpaired) electrons. The van der Waals surface area contributed by atoms with Crippen LogP contribution >= 0.6 is 0 Å². The van der Waals surface area contributed by atoms with Crippen LogP contribution in [0, 0.1) is 0 Å². The molecule has 2 aliphatic rings. The zero-order valence-electron chi connectivity index (χ0n) is 19.0. The molecule has 172 valence electrons. The van der Waals surface area contributed by atoms with Crippen LogP contribution in [0.2, 0.25) is 0 Å². The number of benzene rings is 3. The molecular weight excluding hydrogens is 428 g/mol. The van der Waals surface area contributed by atoms with Crippen LogP contribution in [0.3, 0.4) is 0 Å². The summed E-state index contributed by atoms with van der Waals surface area (Å²) in [6.45, 7) is 0. The highest BCUT2D eigenvalue weighted by Gasteiger charge is 2.27. The van der Waals surface area contributed by atoms with Crippen LogP contribution in [0.5, 0.6) is 11.5 Å². The van der Waals surface area contributed by atoms with Crippen molar-refractivity contribution in [2.75, 3.05) is 14.2 Å². The van der Waals surface area contributed by atoms with E-state index in [0.29, 0.717) is 0 Å². The fourth-order valence-electron chi connectivity index (χ4n) is 4.19. The van der Waals surface area contributed by atoms with Crippen LogP contribution in [0.25, 0.3) is 11.4 Å². The minimum atomic E-state index is -0.335. The Bertz CT molecular complexity index is 1290. The highest BCUT2D eigenvalue weighted by molar-refractivity contribution is 5.72. The number of hydrogen-bond acceptors (Lipinski definition) is 8. The van der Waals surface area contributed by atoms with Gasteiger partial charge >= 0.3 is 0 Å². The third-order valence-corrected chi connectivity index (χ3v) is 5.88. The molecular formula is C26H26N6O2. The van der Waals surface area contributed by atoms with Crippen molar-refractivity contribution in [3.63, 3.8) is 0 Å². The van der Waals surface area contributed by atoms with Gasteiger partial charge in [-0.25, -0.2) is 5.84 Å². The summed E-state index contributed by atoms with van der Waals surface area (Å²) in [5.41, 5.74) is 5.67. The van der Waals surface area contributed by atoms with Crippen molar-refractivity contribution in [1.29, 1.82) is 0 Å². The molecule has 8 heteroatoms. The van der Waals surface area contributed by atoms with Gasteiger partial charge in [-0.15, -0.1) is 0 Å². The number of rotatable bonds is 6. The maximum atomic E-state index is 6.33. The van der Waals surface area contributed by atoms with Gasteiger partial charge in [-0.2, -0.15) is 10.2 Å². The molecule has 0 spiro atoms. The lowest BCUT2D eigenvalue weighted by Crippen LogP contribution is -2.32. The normalized spacial score (nSPS) is 19.1. The molecule has 2 unspecified atom stereocenters. The number of ether oxygens (including phenoxy) is 2. The standard InChI is InChI=1S/C26H26N6O2/c1-33-23-12-5-3-10-19(23)25-29-21(15-28-31-25)17-8-7-9-18(14-17)22-16-32(27)26(30-22)20-11-4-6-13-24(20)34-2/h3-16,25-26,29-30H,27H2,1-2H3. The van der Waals surface area contributed by atoms with Crippen LogP contribution in [0.1, 0.15) is 34.6 Å². The molecule has 0 aliphatic carbocycles. The number of nitrogens with one attached hydrogen (secondary N) is 2. The average molecular weight is 455 g/mol. The van der Waals surface area contributed by atoms with E-state index in [-0.39, 0.29) is 12.3 Å². The van der Waals surface area contributed by atoms with Gasteiger partial charge in [0.25, 0.3) is 0 Å². The first kappa shape index (κ1) is 21.5. The molecule has 5 rings (SSSR count). The largest absolute Gasteiger partial charge is 0.496 e. The molecule has 4 N–H and O–H groups in total. The number of para-hydroxylation sites is 2. The molecule has 34 heavy (non-hydrogen) atoms.